The molecular formula is C20H22ClF3O3S. The van der Waals surface area contributed by atoms with Crippen molar-refractivity contribution in [2.75, 3.05) is 6.61 Å². The summed E-state index contributed by atoms with van der Waals surface area (Å²) >= 11 is 5.92. The lowest BCUT2D eigenvalue weighted by molar-refractivity contribution is -0.137. The highest BCUT2D eigenvalue weighted by Crippen LogP contribution is 2.33. The van der Waals surface area contributed by atoms with Crippen LogP contribution in [0.3, 0.4) is 0 Å². The smallest absolute Gasteiger partial charge is 0.374 e. The van der Waals surface area contributed by atoms with E-state index in [0.717, 1.165) is 12.1 Å². The van der Waals surface area contributed by atoms with E-state index < -0.39 is 32.9 Å². The predicted octanol–water partition coefficient (Wildman–Crippen LogP) is 5.67. The maximum Gasteiger partial charge on any atom is 0.416 e. The van der Waals surface area contributed by atoms with Crippen LogP contribution in [0.25, 0.3) is 0 Å². The third-order valence-corrected chi connectivity index (χ3v) is 7.10. The largest absolute Gasteiger partial charge is 0.416 e. The van der Waals surface area contributed by atoms with Gasteiger partial charge in [-0.3, -0.25) is 0 Å². The number of hydrogen-bond acceptors (Lipinski definition) is 3. The second-order valence-corrected chi connectivity index (χ2v) is 9.18. The molecule has 0 aromatic heterocycles. The van der Waals surface area contributed by atoms with Gasteiger partial charge >= 0.3 is 6.18 Å². The topological polar surface area (TPSA) is 43.4 Å². The molecule has 0 aliphatic carbocycles. The molecule has 28 heavy (non-hydrogen) atoms. The SMILES string of the molecule is C=C(C=CC(Cl)=CC)C1CC(S(=O)(=O)c2cccc(C(F)(F)F)c2)CCCO1. The second kappa shape index (κ2) is 9.29. The normalized spacial score (nSPS) is 22.2. The Morgan fingerprint density at radius 2 is 2.04 bits per heavy atom. The Morgan fingerprint density at radius 1 is 1.32 bits per heavy atom. The molecule has 2 rings (SSSR count). The van der Waals surface area contributed by atoms with Gasteiger partial charge in [0.15, 0.2) is 9.84 Å². The number of benzene rings is 1. The summed E-state index contributed by atoms with van der Waals surface area (Å²) in [5.41, 5.74) is -0.422. The molecule has 1 saturated heterocycles. The first kappa shape index (κ1) is 22.7. The van der Waals surface area contributed by atoms with Crippen molar-refractivity contribution < 1.29 is 26.3 Å². The molecule has 0 amide bonds. The van der Waals surface area contributed by atoms with E-state index in [9.17, 15) is 21.6 Å². The summed E-state index contributed by atoms with van der Waals surface area (Å²) in [5.74, 6) is 0. The molecule has 3 nitrogen and oxygen atoms in total. The average molecular weight is 435 g/mol. The van der Waals surface area contributed by atoms with Gasteiger partial charge in [0.05, 0.1) is 21.8 Å². The Balaban J connectivity index is 2.27. The van der Waals surface area contributed by atoms with Crippen LogP contribution in [0.15, 0.2) is 64.6 Å². The molecule has 0 saturated carbocycles. The van der Waals surface area contributed by atoms with Crippen LogP contribution < -0.4 is 0 Å². The van der Waals surface area contributed by atoms with E-state index in [4.69, 9.17) is 16.3 Å². The summed E-state index contributed by atoms with van der Waals surface area (Å²) in [4.78, 5) is -0.328. The highest BCUT2D eigenvalue weighted by molar-refractivity contribution is 7.92. The summed E-state index contributed by atoms with van der Waals surface area (Å²) in [6, 6.07) is 3.86. The lowest BCUT2D eigenvalue weighted by Gasteiger charge is -2.21. The molecule has 2 unspecified atom stereocenters. The van der Waals surface area contributed by atoms with Crippen LogP contribution in [-0.4, -0.2) is 26.4 Å². The average Bonchev–Trinajstić information content (AvgIpc) is 2.92. The standard InChI is InChI=1S/C20H22ClF3O3S/c1-3-16(21)10-9-14(2)19-13-18(8-5-11-27-19)28(25,26)17-7-4-6-15(12-17)20(22,23)24/h3-4,6-7,9-10,12,18-19H,2,5,8,11,13H2,1H3. The quantitative estimate of drug-likeness (QED) is 0.560. The van der Waals surface area contributed by atoms with Gasteiger partial charge in [0, 0.05) is 11.6 Å². The summed E-state index contributed by atoms with van der Waals surface area (Å²) in [6.07, 6.45) is 0.751. The van der Waals surface area contributed by atoms with Gasteiger partial charge in [0.2, 0.25) is 0 Å². The summed E-state index contributed by atoms with van der Waals surface area (Å²) in [6.45, 7) is 6.04. The van der Waals surface area contributed by atoms with Crippen LogP contribution in [0, 0.1) is 0 Å². The number of hydrogen-bond donors (Lipinski definition) is 0. The highest BCUT2D eigenvalue weighted by atomic mass is 35.5. The lowest BCUT2D eigenvalue weighted by Crippen LogP contribution is -2.26. The molecule has 1 aromatic carbocycles. The minimum absolute atomic E-state index is 0.120. The van der Waals surface area contributed by atoms with Gasteiger partial charge in [-0.05, 0) is 56.0 Å². The fourth-order valence-electron chi connectivity index (χ4n) is 2.93. The second-order valence-electron chi connectivity index (χ2n) is 6.51. The Morgan fingerprint density at radius 3 is 2.68 bits per heavy atom. The van der Waals surface area contributed by atoms with Crippen molar-refractivity contribution in [1.82, 2.24) is 0 Å². The lowest BCUT2D eigenvalue weighted by atomic mass is 10.0. The zero-order valence-corrected chi connectivity index (χ0v) is 16.9. The van der Waals surface area contributed by atoms with Gasteiger partial charge < -0.3 is 4.74 Å². The molecule has 0 spiro atoms. The fraction of sp³-hybridized carbons (Fsp3) is 0.400. The van der Waals surface area contributed by atoms with E-state index >= 15 is 0 Å². The summed E-state index contributed by atoms with van der Waals surface area (Å²) < 4.78 is 70.6. The van der Waals surface area contributed by atoms with Gasteiger partial charge in [-0.25, -0.2) is 8.42 Å². The molecule has 1 fully saturated rings. The van der Waals surface area contributed by atoms with Gasteiger partial charge in [-0.2, -0.15) is 13.2 Å². The third-order valence-electron chi connectivity index (χ3n) is 4.54. The molecule has 1 heterocycles. The van der Waals surface area contributed by atoms with Crippen LogP contribution in [0.4, 0.5) is 13.2 Å². The maximum absolute atomic E-state index is 13.0. The molecular weight excluding hydrogens is 413 g/mol. The van der Waals surface area contributed by atoms with Crippen molar-refractivity contribution in [3.8, 4) is 0 Å². The van der Waals surface area contributed by atoms with E-state index in [0.29, 0.717) is 36.1 Å². The number of rotatable bonds is 5. The van der Waals surface area contributed by atoms with Crippen molar-refractivity contribution in [2.45, 2.75) is 48.6 Å². The zero-order valence-electron chi connectivity index (χ0n) is 15.4. The van der Waals surface area contributed by atoms with Crippen molar-refractivity contribution in [3.63, 3.8) is 0 Å². The van der Waals surface area contributed by atoms with Crippen LogP contribution in [-0.2, 0) is 20.8 Å². The number of halogens is 4. The molecule has 1 aromatic rings. The van der Waals surface area contributed by atoms with Crippen LogP contribution in [0.5, 0.6) is 0 Å². The van der Waals surface area contributed by atoms with E-state index in [1.807, 2.05) is 0 Å². The number of allylic oxidation sites excluding steroid dienone is 3. The monoisotopic (exact) mass is 434 g/mol. The fourth-order valence-corrected chi connectivity index (χ4v) is 4.85. The van der Waals surface area contributed by atoms with E-state index in [1.54, 1.807) is 25.2 Å². The summed E-state index contributed by atoms with van der Waals surface area (Å²) in [5, 5.41) is -0.353. The van der Waals surface area contributed by atoms with Crippen LogP contribution in [0.2, 0.25) is 0 Å². The molecule has 154 valence electrons. The number of sulfone groups is 1. The van der Waals surface area contributed by atoms with Gasteiger partial charge in [0.25, 0.3) is 0 Å². The Kier molecular flexibility index (Phi) is 7.53. The maximum atomic E-state index is 13.0. The summed E-state index contributed by atoms with van der Waals surface area (Å²) in [7, 11) is -3.95. The van der Waals surface area contributed by atoms with E-state index in [2.05, 4.69) is 6.58 Å². The van der Waals surface area contributed by atoms with Gasteiger partial charge in [-0.15, -0.1) is 0 Å². The van der Waals surface area contributed by atoms with Gasteiger partial charge in [-0.1, -0.05) is 36.4 Å². The molecule has 8 heteroatoms. The number of ether oxygens (including phenoxy) is 1. The molecule has 0 bridgehead atoms. The van der Waals surface area contributed by atoms with Crippen LogP contribution in [0.1, 0.15) is 31.7 Å². The molecule has 0 radical (unpaired) electrons. The van der Waals surface area contributed by atoms with Crippen molar-refractivity contribution in [1.29, 1.82) is 0 Å². The van der Waals surface area contributed by atoms with Crippen molar-refractivity contribution in [2.24, 2.45) is 0 Å². The minimum atomic E-state index is -4.61. The Bertz CT molecular complexity index is 873. The van der Waals surface area contributed by atoms with Crippen molar-refractivity contribution >= 4 is 21.4 Å². The van der Waals surface area contributed by atoms with E-state index in [1.165, 1.54) is 6.07 Å². The van der Waals surface area contributed by atoms with Gasteiger partial charge in [0.1, 0.15) is 0 Å². The first-order valence-corrected chi connectivity index (χ1v) is 10.7. The third kappa shape index (κ3) is 5.72. The van der Waals surface area contributed by atoms with Crippen LogP contribution >= 0.6 is 11.6 Å². The first-order chi connectivity index (χ1) is 13.1. The Hall–Kier alpha value is -1.57. The molecule has 0 N–H and O–H groups in total. The molecule has 1 aliphatic heterocycles. The highest BCUT2D eigenvalue weighted by Gasteiger charge is 2.35. The van der Waals surface area contributed by atoms with Crippen molar-refractivity contribution in [3.05, 3.63) is 65.2 Å². The predicted molar refractivity (Wildman–Crippen MR) is 104 cm³/mol. The van der Waals surface area contributed by atoms with E-state index in [-0.39, 0.29) is 11.3 Å². The first-order valence-electron chi connectivity index (χ1n) is 8.77. The zero-order chi connectivity index (χ0) is 20.9. The molecule has 1 aliphatic rings. The number of alkyl halides is 3. The minimum Gasteiger partial charge on any atom is -0.374 e. The Labute approximate surface area is 168 Å². The molecule has 2 atom stereocenters.